The molecule has 0 unspecified atom stereocenters. The van der Waals surface area contributed by atoms with Crippen molar-refractivity contribution in [1.82, 2.24) is 0 Å². The van der Waals surface area contributed by atoms with E-state index in [1.807, 2.05) is 10.4 Å². The molecular formula is C54H94Si2. The molecule has 2 bridgehead atoms. The molecule has 318 valence electrons. The SMILES string of the molecule is c1ccc([Si]23CCCCCCCCCCCCCC[Si](c4ccccc4)(CCCCCCCCCCCCCC2)CCCCCCCCCCCCCC3)cc1. The van der Waals surface area contributed by atoms with Gasteiger partial charge in [-0.15, -0.1) is 0 Å². The van der Waals surface area contributed by atoms with Crippen molar-refractivity contribution in [3.05, 3.63) is 60.7 Å². The standard InChI is InChI=1S/C54H94Si2/c1-2-8-14-20-26-38-48-56(54-45-35-32-36-46-54)51-41-29-23-17-11-5-3-9-15-21-27-39-49-55(47-37-25-19-13-7-1,53-43-33-31-34-44-53)50-40-28-22-16-10-4-6-12-18-24-30-42-52-56/h31-36,43-46H,1-30,37-42,47-52H2. The minimum absolute atomic E-state index is 1.48. The maximum Gasteiger partial charge on any atom is 0.0867 e. The third kappa shape index (κ3) is 20.2. The van der Waals surface area contributed by atoms with E-state index < -0.39 is 16.1 Å². The second-order valence-electron chi connectivity index (χ2n) is 19.5. The summed E-state index contributed by atoms with van der Waals surface area (Å²) in [5, 5.41) is 3.63. The Morgan fingerprint density at radius 2 is 0.321 bits per heavy atom. The van der Waals surface area contributed by atoms with Crippen LogP contribution in [0.1, 0.15) is 231 Å². The van der Waals surface area contributed by atoms with E-state index >= 15 is 0 Å². The molecule has 3 saturated heterocycles. The smallest absolute Gasteiger partial charge is 0.0630 e. The van der Waals surface area contributed by atoms with Gasteiger partial charge in [-0.25, -0.2) is 0 Å². The van der Waals surface area contributed by atoms with Crippen molar-refractivity contribution in [2.24, 2.45) is 0 Å². The number of hydrogen-bond donors (Lipinski definition) is 0. The van der Waals surface area contributed by atoms with E-state index in [9.17, 15) is 0 Å². The zero-order valence-corrected chi connectivity index (χ0v) is 39.5. The molecule has 3 aliphatic rings. The van der Waals surface area contributed by atoms with Crippen molar-refractivity contribution in [1.29, 1.82) is 0 Å². The van der Waals surface area contributed by atoms with Crippen molar-refractivity contribution in [3.63, 3.8) is 0 Å². The Kier molecular flexibility index (Phi) is 27.0. The maximum absolute atomic E-state index is 2.57. The summed E-state index contributed by atoms with van der Waals surface area (Å²) in [5.74, 6) is 0. The molecule has 2 aromatic carbocycles. The van der Waals surface area contributed by atoms with Crippen molar-refractivity contribution in [3.8, 4) is 0 Å². The highest BCUT2D eigenvalue weighted by Gasteiger charge is 2.34. The maximum atomic E-state index is 2.57. The Morgan fingerprint density at radius 3 is 0.482 bits per heavy atom. The number of benzene rings is 2. The van der Waals surface area contributed by atoms with Crippen LogP contribution in [0.4, 0.5) is 0 Å². The number of hydrogen-bond acceptors (Lipinski definition) is 0. The topological polar surface area (TPSA) is 0 Å². The van der Waals surface area contributed by atoms with Crippen LogP contribution in [0.15, 0.2) is 60.7 Å². The largest absolute Gasteiger partial charge is 0.0867 e. The zero-order valence-electron chi connectivity index (χ0n) is 37.5. The zero-order chi connectivity index (χ0) is 38.9. The summed E-state index contributed by atoms with van der Waals surface area (Å²) in [7, 11) is -2.96. The van der Waals surface area contributed by atoms with Gasteiger partial charge in [-0.1, -0.05) is 338 Å². The summed E-state index contributed by atoms with van der Waals surface area (Å²) in [6, 6.07) is 33.7. The molecule has 3 aliphatic heterocycles. The molecule has 0 spiro atoms. The van der Waals surface area contributed by atoms with E-state index in [0.717, 1.165) is 0 Å². The van der Waals surface area contributed by atoms with E-state index in [1.165, 1.54) is 231 Å². The third-order valence-corrected chi connectivity index (χ3v) is 25.9. The molecule has 0 radical (unpaired) electrons. The first-order valence-corrected chi connectivity index (χ1v) is 31.2. The lowest BCUT2D eigenvalue weighted by Gasteiger charge is -2.33. The highest BCUT2D eigenvalue weighted by Crippen LogP contribution is 2.32. The van der Waals surface area contributed by atoms with Crippen LogP contribution in [0.25, 0.3) is 0 Å². The monoisotopic (exact) mass is 799 g/mol. The number of fused-ring (bicyclic) bond motifs is 39. The van der Waals surface area contributed by atoms with Crippen molar-refractivity contribution >= 4 is 26.5 Å². The molecule has 3 fully saturated rings. The highest BCUT2D eigenvalue weighted by atomic mass is 28.3. The quantitative estimate of drug-likeness (QED) is 0.266. The van der Waals surface area contributed by atoms with Crippen LogP contribution < -0.4 is 10.4 Å². The average Bonchev–Trinajstić information content (AvgIpc) is 3.23. The summed E-state index contributed by atoms with van der Waals surface area (Å²) in [5.41, 5.74) is 0. The fourth-order valence-corrected chi connectivity index (χ4v) is 21.9. The van der Waals surface area contributed by atoms with Gasteiger partial charge < -0.3 is 0 Å². The van der Waals surface area contributed by atoms with Crippen molar-refractivity contribution in [2.75, 3.05) is 0 Å². The Bertz CT molecular complexity index is 971. The van der Waals surface area contributed by atoms with Crippen LogP contribution in [-0.4, -0.2) is 16.1 Å². The fourth-order valence-electron chi connectivity index (χ4n) is 11.3. The van der Waals surface area contributed by atoms with Crippen molar-refractivity contribution in [2.45, 2.75) is 267 Å². The Morgan fingerprint density at radius 1 is 0.179 bits per heavy atom. The van der Waals surface area contributed by atoms with Crippen LogP contribution in [0, 0.1) is 0 Å². The lowest BCUT2D eigenvalue weighted by molar-refractivity contribution is 0.540. The molecule has 2 aromatic rings. The first-order valence-electron chi connectivity index (χ1n) is 25.9. The second-order valence-corrected chi connectivity index (χ2v) is 28.8. The van der Waals surface area contributed by atoms with Gasteiger partial charge in [-0.05, 0) is 0 Å². The lowest BCUT2D eigenvalue weighted by Crippen LogP contribution is -2.47. The molecule has 5 rings (SSSR count). The van der Waals surface area contributed by atoms with Crippen LogP contribution in [0.2, 0.25) is 36.3 Å². The van der Waals surface area contributed by atoms with Gasteiger partial charge in [0.15, 0.2) is 0 Å². The minimum atomic E-state index is -1.48. The van der Waals surface area contributed by atoms with E-state index in [4.69, 9.17) is 0 Å². The molecule has 0 amide bonds. The summed E-state index contributed by atoms with van der Waals surface area (Å²) in [4.78, 5) is 0. The molecule has 0 atom stereocenters. The molecule has 0 aliphatic carbocycles. The van der Waals surface area contributed by atoms with Crippen LogP contribution in [0.5, 0.6) is 0 Å². The minimum Gasteiger partial charge on any atom is -0.0630 e. The molecule has 0 saturated carbocycles. The summed E-state index contributed by atoms with van der Waals surface area (Å²) < 4.78 is 0. The second kappa shape index (κ2) is 31.8. The number of rotatable bonds is 2. The molecule has 0 nitrogen and oxygen atoms in total. The van der Waals surface area contributed by atoms with Gasteiger partial charge in [-0.3, -0.25) is 0 Å². The van der Waals surface area contributed by atoms with Gasteiger partial charge in [0.05, 0.1) is 16.1 Å². The van der Waals surface area contributed by atoms with Gasteiger partial charge in [0.1, 0.15) is 0 Å². The third-order valence-electron chi connectivity index (χ3n) is 15.0. The predicted molar refractivity (Wildman–Crippen MR) is 259 cm³/mol. The van der Waals surface area contributed by atoms with Crippen molar-refractivity contribution < 1.29 is 0 Å². The van der Waals surface area contributed by atoms with Gasteiger partial charge in [0, 0.05) is 0 Å². The highest BCUT2D eigenvalue weighted by molar-refractivity contribution is 6.92. The van der Waals surface area contributed by atoms with E-state index in [1.54, 1.807) is 36.3 Å². The molecule has 2 heteroatoms. The molecule has 0 aromatic heterocycles. The average molecular weight is 800 g/mol. The Balaban J connectivity index is 1.42. The fraction of sp³-hybridized carbons (Fsp3) is 0.778. The Labute approximate surface area is 353 Å². The van der Waals surface area contributed by atoms with Crippen LogP contribution in [-0.2, 0) is 0 Å². The molecule has 56 heavy (non-hydrogen) atoms. The van der Waals surface area contributed by atoms with Crippen LogP contribution in [0.3, 0.4) is 0 Å². The lowest BCUT2D eigenvalue weighted by atomic mass is 10.1. The van der Waals surface area contributed by atoms with Gasteiger partial charge in [-0.2, -0.15) is 0 Å². The van der Waals surface area contributed by atoms with E-state index in [0.29, 0.717) is 0 Å². The predicted octanol–water partition coefficient (Wildman–Crippen LogP) is 17.8. The summed E-state index contributed by atoms with van der Waals surface area (Å²) in [6.45, 7) is 0. The first-order chi connectivity index (χ1) is 27.8. The normalized spacial score (nSPS) is 26.9. The molecular weight excluding hydrogens is 705 g/mol. The first kappa shape index (κ1) is 47.6. The van der Waals surface area contributed by atoms with Gasteiger partial charge >= 0.3 is 0 Å². The molecule has 3 heterocycles. The van der Waals surface area contributed by atoms with Gasteiger partial charge in [0.2, 0.25) is 0 Å². The Hall–Kier alpha value is -1.13. The summed E-state index contributed by atoms with van der Waals surface area (Å²) >= 11 is 0. The van der Waals surface area contributed by atoms with E-state index in [-0.39, 0.29) is 0 Å². The summed E-state index contributed by atoms with van der Waals surface area (Å²) in [6.07, 6.45) is 53.3. The molecule has 0 N–H and O–H groups in total. The van der Waals surface area contributed by atoms with Gasteiger partial charge in [0.25, 0.3) is 0 Å². The van der Waals surface area contributed by atoms with Crippen LogP contribution >= 0.6 is 0 Å². The van der Waals surface area contributed by atoms with E-state index in [2.05, 4.69) is 60.7 Å².